The summed E-state index contributed by atoms with van der Waals surface area (Å²) in [6, 6.07) is 93.3. The van der Waals surface area contributed by atoms with Gasteiger partial charge in [-0.25, -0.2) is 0 Å². The molecule has 2 nitrogen and oxygen atoms in total. The minimum atomic E-state index is 1.13. The standard InChI is InChI=1S/C64H42N2/c1-4-20-43(21-5-1)47-40-41-53-56(42-47)63(44-22-6-2-7-23-44)50-27-11-10-26-49(50)61(53)45-36-38-46(39-37-45)62-51-28-12-14-30-54(51)64(55-31-15-13-29-52(55)62)66-59-34-18-16-32-57(59)65(48-24-8-3-9-25-48)58-33-17-19-35-60(58)66/h1-42H. The highest BCUT2D eigenvalue weighted by molar-refractivity contribution is 6.25. The summed E-state index contributed by atoms with van der Waals surface area (Å²) in [4.78, 5) is 4.89. The van der Waals surface area contributed by atoms with Gasteiger partial charge in [-0.15, -0.1) is 0 Å². The van der Waals surface area contributed by atoms with Crippen molar-refractivity contribution >= 4 is 77.2 Å². The number of rotatable bonds is 6. The van der Waals surface area contributed by atoms with E-state index in [-0.39, 0.29) is 0 Å². The van der Waals surface area contributed by atoms with Gasteiger partial charge in [-0.1, -0.05) is 212 Å². The summed E-state index contributed by atoms with van der Waals surface area (Å²) in [5, 5.41) is 9.84. The molecule has 0 saturated heterocycles. The Kier molecular flexibility index (Phi) is 8.89. The molecule has 0 bridgehead atoms. The van der Waals surface area contributed by atoms with Crippen molar-refractivity contribution in [1.82, 2.24) is 0 Å². The molecule has 0 N–H and O–H groups in total. The van der Waals surface area contributed by atoms with Gasteiger partial charge in [0.15, 0.2) is 0 Å². The quantitative estimate of drug-likeness (QED) is 0.154. The Morgan fingerprint density at radius 1 is 0.197 bits per heavy atom. The van der Waals surface area contributed by atoms with Crippen LogP contribution in [0.1, 0.15) is 0 Å². The van der Waals surface area contributed by atoms with Crippen LogP contribution < -0.4 is 9.80 Å². The number of hydrogen-bond donors (Lipinski definition) is 0. The van der Waals surface area contributed by atoms with Crippen molar-refractivity contribution in [2.24, 2.45) is 0 Å². The monoisotopic (exact) mass is 838 g/mol. The zero-order valence-electron chi connectivity index (χ0n) is 36.1. The molecular weight excluding hydrogens is 797 g/mol. The Labute approximate surface area is 384 Å². The number of fused-ring (bicyclic) bond motifs is 6. The zero-order valence-corrected chi connectivity index (χ0v) is 36.1. The maximum absolute atomic E-state index is 2.50. The van der Waals surface area contributed by atoms with E-state index in [9.17, 15) is 0 Å². The molecule has 0 spiro atoms. The molecule has 2 heteroatoms. The summed E-state index contributed by atoms with van der Waals surface area (Å²) in [7, 11) is 0. The fourth-order valence-corrected chi connectivity index (χ4v) is 10.7. The Morgan fingerprint density at radius 3 is 1.00 bits per heavy atom. The molecule has 0 aromatic heterocycles. The third-order valence-electron chi connectivity index (χ3n) is 13.5. The molecule has 13 rings (SSSR count). The topological polar surface area (TPSA) is 6.48 Å². The number of nitrogens with zero attached hydrogens (tertiary/aromatic N) is 2. The molecule has 0 atom stereocenters. The first-order valence-electron chi connectivity index (χ1n) is 22.8. The summed E-state index contributed by atoms with van der Waals surface area (Å²) < 4.78 is 0. The molecule has 308 valence electrons. The molecular formula is C64H42N2. The van der Waals surface area contributed by atoms with Crippen LogP contribution in [0.5, 0.6) is 0 Å². The molecule has 1 heterocycles. The summed E-state index contributed by atoms with van der Waals surface area (Å²) in [5.41, 5.74) is 16.7. The fraction of sp³-hybridized carbons (Fsp3) is 0. The van der Waals surface area contributed by atoms with Crippen molar-refractivity contribution < 1.29 is 0 Å². The first-order valence-corrected chi connectivity index (χ1v) is 22.8. The SMILES string of the molecule is c1ccc(-c2ccc3c(-c4ccc(-c5c6ccccc6c(N6c7ccccc7N(c7ccccc7)c7ccccc76)c6ccccc56)cc4)c4ccccc4c(-c4ccccc4)c3c2)cc1. The molecule has 0 amide bonds. The molecule has 0 radical (unpaired) electrons. The minimum Gasteiger partial charge on any atom is -0.306 e. The molecule has 0 fully saturated rings. The van der Waals surface area contributed by atoms with E-state index < -0.39 is 0 Å². The lowest BCUT2D eigenvalue weighted by Crippen LogP contribution is -2.24. The van der Waals surface area contributed by atoms with Crippen molar-refractivity contribution in [2.45, 2.75) is 0 Å². The van der Waals surface area contributed by atoms with Crippen LogP contribution in [0, 0.1) is 0 Å². The van der Waals surface area contributed by atoms with Gasteiger partial charge in [-0.2, -0.15) is 0 Å². The van der Waals surface area contributed by atoms with E-state index >= 15 is 0 Å². The second-order valence-corrected chi connectivity index (χ2v) is 17.2. The van der Waals surface area contributed by atoms with Crippen molar-refractivity contribution in [2.75, 3.05) is 9.80 Å². The van der Waals surface area contributed by atoms with E-state index in [0.29, 0.717) is 0 Å². The lowest BCUT2D eigenvalue weighted by atomic mass is 9.84. The van der Waals surface area contributed by atoms with Gasteiger partial charge >= 0.3 is 0 Å². The van der Waals surface area contributed by atoms with E-state index in [2.05, 4.69) is 265 Å². The van der Waals surface area contributed by atoms with E-state index in [1.54, 1.807) is 0 Å². The second-order valence-electron chi connectivity index (χ2n) is 17.2. The predicted octanol–water partition coefficient (Wildman–Crippen LogP) is 18.2. The van der Waals surface area contributed by atoms with Gasteiger partial charge in [0.25, 0.3) is 0 Å². The van der Waals surface area contributed by atoms with Crippen LogP contribution in [-0.4, -0.2) is 0 Å². The third kappa shape index (κ3) is 5.96. The van der Waals surface area contributed by atoms with Crippen LogP contribution in [0.2, 0.25) is 0 Å². The normalized spacial score (nSPS) is 12.2. The van der Waals surface area contributed by atoms with Gasteiger partial charge in [0.2, 0.25) is 0 Å². The molecule has 1 aliphatic rings. The van der Waals surface area contributed by atoms with Crippen LogP contribution in [0.4, 0.5) is 34.1 Å². The van der Waals surface area contributed by atoms with Crippen LogP contribution in [-0.2, 0) is 0 Å². The van der Waals surface area contributed by atoms with Crippen molar-refractivity contribution in [3.63, 3.8) is 0 Å². The van der Waals surface area contributed by atoms with Crippen LogP contribution >= 0.6 is 0 Å². The van der Waals surface area contributed by atoms with Crippen LogP contribution in [0.25, 0.3) is 87.6 Å². The molecule has 66 heavy (non-hydrogen) atoms. The highest BCUT2D eigenvalue weighted by Gasteiger charge is 2.32. The summed E-state index contributed by atoms with van der Waals surface area (Å²) in [5.74, 6) is 0. The highest BCUT2D eigenvalue weighted by atomic mass is 15.3. The van der Waals surface area contributed by atoms with E-state index in [1.165, 1.54) is 93.3 Å². The fourth-order valence-electron chi connectivity index (χ4n) is 10.7. The maximum Gasteiger partial charge on any atom is 0.0703 e. The Hall–Kier alpha value is -8.72. The van der Waals surface area contributed by atoms with Crippen LogP contribution in [0.3, 0.4) is 0 Å². The Bertz CT molecular complexity index is 3700. The minimum absolute atomic E-state index is 1.13. The summed E-state index contributed by atoms with van der Waals surface area (Å²) in [6.07, 6.45) is 0. The summed E-state index contributed by atoms with van der Waals surface area (Å²) in [6.45, 7) is 0. The smallest absolute Gasteiger partial charge is 0.0703 e. The first-order chi connectivity index (χ1) is 32.8. The van der Waals surface area contributed by atoms with Crippen molar-refractivity contribution in [3.05, 3.63) is 255 Å². The van der Waals surface area contributed by atoms with Crippen molar-refractivity contribution in [1.29, 1.82) is 0 Å². The largest absolute Gasteiger partial charge is 0.306 e. The van der Waals surface area contributed by atoms with Crippen LogP contribution in [0.15, 0.2) is 255 Å². The van der Waals surface area contributed by atoms with E-state index in [1.807, 2.05) is 0 Å². The Balaban J connectivity index is 1.01. The Morgan fingerprint density at radius 2 is 0.515 bits per heavy atom. The van der Waals surface area contributed by atoms with Gasteiger partial charge in [0.05, 0.1) is 28.4 Å². The number of para-hydroxylation sites is 5. The summed E-state index contributed by atoms with van der Waals surface area (Å²) >= 11 is 0. The van der Waals surface area contributed by atoms with Gasteiger partial charge in [-0.3, -0.25) is 0 Å². The third-order valence-corrected chi connectivity index (χ3v) is 13.5. The van der Waals surface area contributed by atoms with Gasteiger partial charge in [-0.05, 0) is 119 Å². The molecule has 1 aliphatic heterocycles. The average molecular weight is 839 g/mol. The lowest BCUT2D eigenvalue weighted by molar-refractivity contribution is 1.18. The van der Waals surface area contributed by atoms with E-state index in [4.69, 9.17) is 0 Å². The van der Waals surface area contributed by atoms with Gasteiger partial charge in [0.1, 0.15) is 0 Å². The molecule has 0 unspecified atom stereocenters. The van der Waals surface area contributed by atoms with E-state index in [0.717, 1.165) is 28.4 Å². The first kappa shape index (κ1) is 37.8. The van der Waals surface area contributed by atoms with Gasteiger partial charge < -0.3 is 9.80 Å². The molecule has 12 aromatic carbocycles. The van der Waals surface area contributed by atoms with Gasteiger partial charge in [0, 0.05) is 16.5 Å². The second kappa shape index (κ2) is 15.5. The number of benzene rings is 12. The number of anilines is 6. The molecule has 12 aromatic rings. The molecule has 0 aliphatic carbocycles. The zero-order chi connectivity index (χ0) is 43.6. The van der Waals surface area contributed by atoms with Crippen molar-refractivity contribution in [3.8, 4) is 44.5 Å². The average Bonchev–Trinajstić information content (AvgIpc) is 3.39. The highest BCUT2D eigenvalue weighted by Crippen LogP contribution is 2.57. The number of hydrogen-bond acceptors (Lipinski definition) is 2. The lowest BCUT2D eigenvalue weighted by Gasteiger charge is -2.41. The maximum atomic E-state index is 2.50. The molecule has 0 saturated carbocycles. The predicted molar refractivity (Wildman–Crippen MR) is 281 cm³/mol.